The second-order valence-corrected chi connectivity index (χ2v) is 5.31. The Morgan fingerprint density at radius 3 is 2.90 bits per heavy atom. The molecular formula is C13H9N5OS. The molecule has 0 aliphatic carbocycles. The number of thiazole rings is 1. The number of hydrogen-bond donors (Lipinski definition) is 1. The van der Waals surface area contributed by atoms with E-state index in [1.54, 1.807) is 10.6 Å². The van der Waals surface area contributed by atoms with Gasteiger partial charge in [-0.1, -0.05) is 12.1 Å². The van der Waals surface area contributed by atoms with Gasteiger partial charge in [0.05, 0.1) is 10.9 Å². The third-order valence-corrected chi connectivity index (χ3v) is 4.06. The summed E-state index contributed by atoms with van der Waals surface area (Å²) in [6, 6.07) is 7.31. The molecule has 0 atom stereocenters. The maximum absolute atomic E-state index is 12.1. The number of rotatable bonds is 1. The second-order valence-electron chi connectivity index (χ2n) is 4.45. The summed E-state index contributed by atoms with van der Waals surface area (Å²) in [5.74, 6) is 0. The third kappa shape index (κ3) is 1.50. The highest BCUT2D eigenvalue weighted by atomic mass is 32.1. The summed E-state index contributed by atoms with van der Waals surface area (Å²) in [5.41, 5.74) is 2.54. The van der Waals surface area contributed by atoms with E-state index in [2.05, 4.69) is 20.3 Å². The van der Waals surface area contributed by atoms with E-state index in [-0.39, 0.29) is 5.56 Å². The number of hydrogen-bond acceptors (Lipinski definition) is 5. The molecule has 20 heavy (non-hydrogen) atoms. The molecule has 0 radical (unpaired) electrons. The first-order valence-electron chi connectivity index (χ1n) is 6.02. The highest BCUT2D eigenvalue weighted by Gasteiger charge is 2.15. The normalized spacial score (nSPS) is 11.4. The third-order valence-electron chi connectivity index (χ3n) is 3.09. The summed E-state index contributed by atoms with van der Waals surface area (Å²) in [4.78, 5) is 20.6. The molecule has 0 amide bonds. The van der Waals surface area contributed by atoms with Gasteiger partial charge < -0.3 is 0 Å². The van der Waals surface area contributed by atoms with Crippen LogP contribution in [-0.2, 0) is 0 Å². The molecule has 6 nitrogen and oxygen atoms in total. The molecule has 0 saturated heterocycles. The van der Waals surface area contributed by atoms with Crippen molar-refractivity contribution in [3.05, 3.63) is 45.7 Å². The Kier molecular flexibility index (Phi) is 2.25. The number of nitrogens with zero attached hydrogens (tertiary/aromatic N) is 4. The van der Waals surface area contributed by atoms with Crippen molar-refractivity contribution >= 4 is 27.9 Å². The standard InChI is InChI=1S/C13H9N5OS/c1-7-6-20-13(14-7)10-11-15-12(19)8-4-2-3-5-9(8)18(11)17-16-10/h2-6,17H,1H3. The van der Waals surface area contributed by atoms with Crippen LogP contribution in [0.1, 0.15) is 5.69 Å². The quantitative estimate of drug-likeness (QED) is 0.579. The van der Waals surface area contributed by atoms with Gasteiger partial charge in [0, 0.05) is 11.1 Å². The number of benzene rings is 1. The van der Waals surface area contributed by atoms with Gasteiger partial charge in [0.15, 0.2) is 11.3 Å². The minimum atomic E-state index is -0.253. The lowest BCUT2D eigenvalue weighted by molar-refractivity contribution is 0.874. The van der Waals surface area contributed by atoms with Gasteiger partial charge in [0.2, 0.25) is 0 Å². The first-order chi connectivity index (χ1) is 9.74. The predicted molar refractivity (Wildman–Crippen MR) is 77.0 cm³/mol. The van der Waals surface area contributed by atoms with Crippen LogP contribution in [0.4, 0.5) is 0 Å². The topological polar surface area (TPSA) is 75.9 Å². The Labute approximate surface area is 116 Å². The lowest BCUT2D eigenvalue weighted by atomic mass is 10.2. The van der Waals surface area contributed by atoms with E-state index >= 15 is 0 Å². The fourth-order valence-corrected chi connectivity index (χ4v) is 2.97. The molecular weight excluding hydrogens is 274 g/mol. The fourth-order valence-electron chi connectivity index (χ4n) is 2.19. The summed E-state index contributed by atoms with van der Waals surface area (Å²) >= 11 is 1.48. The molecule has 0 unspecified atom stereocenters. The van der Waals surface area contributed by atoms with E-state index in [4.69, 9.17) is 0 Å². The van der Waals surface area contributed by atoms with Crippen molar-refractivity contribution in [1.82, 2.24) is 24.8 Å². The van der Waals surface area contributed by atoms with E-state index in [0.29, 0.717) is 16.7 Å². The molecule has 0 bridgehead atoms. The SMILES string of the molecule is Cc1csc(-c2n[nH]n3c2nc(=O)c2ccccc23)n1. The Bertz CT molecular complexity index is 997. The van der Waals surface area contributed by atoms with Crippen molar-refractivity contribution in [2.24, 2.45) is 0 Å². The minimum absolute atomic E-state index is 0.253. The number of aromatic amines is 1. The maximum Gasteiger partial charge on any atom is 0.281 e. The average Bonchev–Trinajstić information content (AvgIpc) is 3.05. The molecule has 1 aromatic carbocycles. The van der Waals surface area contributed by atoms with Crippen molar-refractivity contribution in [3.63, 3.8) is 0 Å². The number of aromatic nitrogens is 5. The van der Waals surface area contributed by atoms with Gasteiger partial charge in [-0.05, 0) is 19.1 Å². The summed E-state index contributed by atoms with van der Waals surface area (Å²) in [6.07, 6.45) is 0. The number of nitrogens with one attached hydrogen (secondary N) is 1. The number of para-hydroxylation sites is 1. The lowest BCUT2D eigenvalue weighted by Gasteiger charge is -1.99. The first-order valence-corrected chi connectivity index (χ1v) is 6.90. The van der Waals surface area contributed by atoms with E-state index in [9.17, 15) is 4.79 Å². The highest BCUT2D eigenvalue weighted by molar-refractivity contribution is 7.13. The zero-order valence-electron chi connectivity index (χ0n) is 10.5. The Balaban J connectivity index is 2.14. The predicted octanol–water partition coefficient (Wildman–Crippen LogP) is 2.00. The van der Waals surface area contributed by atoms with Gasteiger partial charge in [0.1, 0.15) is 5.01 Å². The molecule has 98 valence electrons. The Hall–Kier alpha value is -2.54. The molecule has 0 fully saturated rings. The van der Waals surface area contributed by atoms with Gasteiger partial charge in [-0.2, -0.15) is 10.1 Å². The molecule has 0 spiro atoms. The monoisotopic (exact) mass is 283 g/mol. The molecule has 0 saturated carbocycles. The molecule has 7 heteroatoms. The summed E-state index contributed by atoms with van der Waals surface area (Å²) in [6.45, 7) is 1.92. The van der Waals surface area contributed by atoms with Gasteiger partial charge in [0.25, 0.3) is 5.56 Å². The van der Waals surface area contributed by atoms with E-state index in [1.165, 1.54) is 11.3 Å². The van der Waals surface area contributed by atoms with Crippen LogP contribution in [0.2, 0.25) is 0 Å². The zero-order chi connectivity index (χ0) is 13.7. The number of H-pyrrole nitrogens is 1. The lowest BCUT2D eigenvalue weighted by Crippen LogP contribution is -2.10. The Morgan fingerprint density at radius 1 is 1.25 bits per heavy atom. The van der Waals surface area contributed by atoms with Crippen LogP contribution in [0.15, 0.2) is 34.4 Å². The van der Waals surface area contributed by atoms with Crippen molar-refractivity contribution in [3.8, 4) is 10.7 Å². The smallest absolute Gasteiger partial charge is 0.267 e. The van der Waals surface area contributed by atoms with Crippen LogP contribution in [-0.4, -0.2) is 24.8 Å². The molecule has 0 aliphatic rings. The van der Waals surface area contributed by atoms with Crippen LogP contribution in [0.5, 0.6) is 0 Å². The molecule has 3 aromatic heterocycles. The van der Waals surface area contributed by atoms with Crippen LogP contribution in [0.3, 0.4) is 0 Å². The first kappa shape index (κ1) is 11.3. The molecule has 4 aromatic rings. The van der Waals surface area contributed by atoms with Crippen molar-refractivity contribution in [2.45, 2.75) is 6.92 Å². The van der Waals surface area contributed by atoms with Crippen molar-refractivity contribution < 1.29 is 0 Å². The van der Waals surface area contributed by atoms with Crippen LogP contribution in [0.25, 0.3) is 27.3 Å². The largest absolute Gasteiger partial charge is 0.281 e. The van der Waals surface area contributed by atoms with E-state index < -0.39 is 0 Å². The maximum atomic E-state index is 12.1. The summed E-state index contributed by atoms with van der Waals surface area (Å²) in [7, 11) is 0. The molecule has 0 aliphatic heterocycles. The van der Waals surface area contributed by atoms with Gasteiger partial charge in [-0.25, -0.2) is 14.7 Å². The minimum Gasteiger partial charge on any atom is -0.267 e. The van der Waals surface area contributed by atoms with Crippen LogP contribution in [0, 0.1) is 6.92 Å². The average molecular weight is 283 g/mol. The van der Waals surface area contributed by atoms with E-state index in [0.717, 1.165) is 16.2 Å². The Morgan fingerprint density at radius 2 is 2.10 bits per heavy atom. The van der Waals surface area contributed by atoms with Crippen LogP contribution < -0.4 is 5.56 Å². The summed E-state index contributed by atoms with van der Waals surface area (Å²) in [5, 5.41) is 10.4. The van der Waals surface area contributed by atoms with E-state index in [1.807, 2.05) is 30.5 Å². The second kappa shape index (κ2) is 3.97. The summed E-state index contributed by atoms with van der Waals surface area (Å²) < 4.78 is 1.71. The highest BCUT2D eigenvalue weighted by Crippen LogP contribution is 2.25. The zero-order valence-corrected chi connectivity index (χ0v) is 11.3. The van der Waals surface area contributed by atoms with Crippen molar-refractivity contribution in [2.75, 3.05) is 0 Å². The van der Waals surface area contributed by atoms with Crippen molar-refractivity contribution in [1.29, 1.82) is 0 Å². The number of aryl methyl sites for hydroxylation is 1. The van der Waals surface area contributed by atoms with Crippen LogP contribution >= 0.6 is 11.3 Å². The van der Waals surface area contributed by atoms with Gasteiger partial charge in [-0.3, -0.25) is 4.79 Å². The van der Waals surface area contributed by atoms with Gasteiger partial charge in [-0.15, -0.1) is 11.3 Å². The number of fused-ring (bicyclic) bond motifs is 3. The molecule has 1 N–H and O–H groups in total. The fraction of sp³-hybridized carbons (Fsp3) is 0.0769. The van der Waals surface area contributed by atoms with Gasteiger partial charge >= 0.3 is 0 Å². The molecule has 3 heterocycles. The molecule has 4 rings (SSSR count).